The highest BCUT2D eigenvalue weighted by molar-refractivity contribution is 5.91. The minimum Gasteiger partial charge on any atom is -0.484 e. The lowest BCUT2D eigenvalue weighted by molar-refractivity contribution is -0.118. The van der Waals surface area contributed by atoms with Crippen LogP contribution in [0.15, 0.2) is 78.9 Å². The molecule has 0 aliphatic carbocycles. The maximum atomic E-state index is 12.1. The summed E-state index contributed by atoms with van der Waals surface area (Å²) in [5, 5.41) is 2.62. The van der Waals surface area contributed by atoms with Crippen LogP contribution >= 0.6 is 0 Å². The molecule has 1 N–H and O–H groups in total. The number of carbonyl (C=O) groups excluding carboxylic acids is 1. The Morgan fingerprint density at radius 2 is 1.41 bits per heavy atom. The topological polar surface area (TPSA) is 47.6 Å². The Kier molecular flexibility index (Phi) is 5.99. The quantitative estimate of drug-likeness (QED) is 0.639. The van der Waals surface area contributed by atoms with Gasteiger partial charge in [0.2, 0.25) is 0 Å². The highest BCUT2D eigenvalue weighted by Crippen LogP contribution is 2.22. The van der Waals surface area contributed by atoms with E-state index >= 15 is 0 Å². The first-order chi connectivity index (χ1) is 13.1. The van der Waals surface area contributed by atoms with E-state index in [0.717, 1.165) is 11.1 Å². The monoisotopic (exact) mass is 369 g/mol. The van der Waals surface area contributed by atoms with Crippen LogP contribution in [0.2, 0.25) is 0 Å². The molecule has 0 heterocycles. The fraction of sp³-hybridized carbons (Fsp3) is 0.0952. The number of ether oxygens (including phenoxy) is 2. The number of rotatable bonds is 7. The summed E-state index contributed by atoms with van der Waals surface area (Å²) in [5.41, 5.74) is 2.62. The molecule has 0 atom stereocenters. The van der Waals surface area contributed by atoms with Gasteiger partial charge in [0, 0.05) is 5.69 Å². The van der Waals surface area contributed by atoms with Gasteiger partial charge in [-0.25, -0.2) is 0 Å². The molecule has 6 heteroatoms. The van der Waals surface area contributed by atoms with Crippen LogP contribution in [0.1, 0.15) is 0 Å². The van der Waals surface area contributed by atoms with E-state index in [0.29, 0.717) is 11.4 Å². The van der Waals surface area contributed by atoms with Gasteiger partial charge in [0.15, 0.2) is 6.61 Å². The van der Waals surface area contributed by atoms with Gasteiger partial charge in [0.05, 0.1) is 0 Å². The summed E-state index contributed by atoms with van der Waals surface area (Å²) in [6.07, 6.45) is 0. The number of alkyl halides is 2. The van der Waals surface area contributed by atoms with E-state index < -0.39 is 6.61 Å². The van der Waals surface area contributed by atoms with Gasteiger partial charge in [-0.05, 0) is 47.5 Å². The zero-order chi connectivity index (χ0) is 19.1. The van der Waals surface area contributed by atoms with Crippen molar-refractivity contribution in [2.24, 2.45) is 0 Å². The number of hydrogen-bond acceptors (Lipinski definition) is 3. The Morgan fingerprint density at radius 3 is 2.04 bits per heavy atom. The first-order valence-electron chi connectivity index (χ1n) is 8.23. The predicted octanol–water partition coefficient (Wildman–Crippen LogP) is 4.97. The van der Waals surface area contributed by atoms with Crippen LogP contribution in [0, 0.1) is 0 Å². The molecule has 0 radical (unpaired) electrons. The molecule has 3 aromatic rings. The van der Waals surface area contributed by atoms with E-state index in [-0.39, 0.29) is 18.3 Å². The van der Waals surface area contributed by atoms with Gasteiger partial charge in [-0.3, -0.25) is 4.79 Å². The average Bonchev–Trinajstić information content (AvgIpc) is 2.69. The maximum absolute atomic E-state index is 12.1. The molecule has 0 aromatic heterocycles. The minimum atomic E-state index is -2.88. The van der Waals surface area contributed by atoms with Gasteiger partial charge in [-0.15, -0.1) is 0 Å². The third kappa shape index (κ3) is 5.54. The molecule has 0 bridgehead atoms. The second-order valence-electron chi connectivity index (χ2n) is 5.63. The number of anilines is 1. The Bertz CT molecular complexity index is 866. The van der Waals surface area contributed by atoms with Crippen molar-refractivity contribution in [3.63, 3.8) is 0 Å². The Morgan fingerprint density at radius 1 is 0.815 bits per heavy atom. The lowest BCUT2D eigenvalue weighted by Crippen LogP contribution is -2.20. The zero-order valence-electron chi connectivity index (χ0n) is 14.3. The Labute approximate surface area is 155 Å². The summed E-state index contributed by atoms with van der Waals surface area (Å²) in [6, 6.07) is 23.0. The van der Waals surface area contributed by atoms with Crippen molar-refractivity contribution in [3.8, 4) is 22.6 Å². The number of hydrogen-bond donors (Lipinski definition) is 1. The molecule has 1 amide bonds. The molecule has 0 aliphatic rings. The lowest BCUT2D eigenvalue weighted by Gasteiger charge is -2.09. The number of nitrogens with one attached hydrogen (secondary N) is 1. The molecule has 0 unspecified atom stereocenters. The van der Waals surface area contributed by atoms with Gasteiger partial charge in [-0.1, -0.05) is 42.5 Å². The number of benzene rings is 3. The van der Waals surface area contributed by atoms with Gasteiger partial charge in [0.1, 0.15) is 11.5 Å². The molecule has 3 rings (SSSR count). The van der Waals surface area contributed by atoms with Gasteiger partial charge >= 0.3 is 6.61 Å². The lowest BCUT2D eigenvalue weighted by atomic mass is 10.1. The van der Waals surface area contributed by atoms with Crippen LogP contribution in [0.4, 0.5) is 14.5 Å². The normalized spacial score (nSPS) is 10.5. The summed E-state index contributed by atoms with van der Waals surface area (Å²) in [7, 11) is 0. The maximum Gasteiger partial charge on any atom is 0.387 e. The van der Waals surface area contributed by atoms with E-state index in [2.05, 4.69) is 10.1 Å². The molecule has 3 aromatic carbocycles. The van der Waals surface area contributed by atoms with Crippen LogP contribution < -0.4 is 14.8 Å². The molecule has 0 aliphatic heterocycles. The zero-order valence-corrected chi connectivity index (χ0v) is 14.3. The summed E-state index contributed by atoms with van der Waals surface area (Å²) in [6.45, 7) is -3.05. The van der Waals surface area contributed by atoms with E-state index in [1.54, 1.807) is 12.1 Å². The highest BCUT2D eigenvalue weighted by atomic mass is 19.3. The van der Waals surface area contributed by atoms with Gasteiger partial charge in [0.25, 0.3) is 5.91 Å². The smallest absolute Gasteiger partial charge is 0.387 e. The van der Waals surface area contributed by atoms with E-state index in [4.69, 9.17) is 4.74 Å². The molecule has 0 saturated carbocycles. The molecule has 27 heavy (non-hydrogen) atoms. The standard InChI is InChI=1S/C21H17F2NO3/c22-21(23)27-19-12-8-17(9-13-19)24-20(25)14-26-18-10-6-16(7-11-18)15-4-2-1-3-5-15/h1-13,21H,14H2,(H,24,25). The predicted molar refractivity (Wildman–Crippen MR) is 99.1 cm³/mol. The fourth-order valence-electron chi connectivity index (χ4n) is 2.44. The highest BCUT2D eigenvalue weighted by Gasteiger charge is 2.07. The molecule has 138 valence electrons. The van der Waals surface area contributed by atoms with Crippen molar-refractivity contribution in [2.75, 3.05) is 11.9 Å². The van der Waals surface area contributed by atoms with Crippen molar-refractivity contribution in [1.82, 2.24) is 0 Å². The third-order valence-electron chi connectivity index (χ3n) is 3.69. The Hall–Kier alpha value is -3.41. The second-order valence-corrected chi connectivity index (χ2v) is 5.63. The number of amides is 1. The van der Waals surface area contributed by atoms with E-state index in [1.807, 2.05) is 42.5 Å². The SMILES string of the molecule is O=C(COc1ccc(-c2ccccc2)cc1)Nc1ccc(OC(F)F)cc1. The third-order valence-corrected chi connectivity index (χ3v) is 3.69. The molecule has 0 spiro atoms. The average molecular weight is 369 g/mol. The van der Waals surface area contributed by atoms with Crippen LogP contribution in [0.3, 0.4) is 0 Å². The van der Waals surface area contributed by atoms with Crippen molar-refractivity contribution < 1.29 is 23.0 Å². The second kappa shape index (κ2) is 8.80. The van der Waals surface area contributed by atoms with Crippen molar-refractivity contribution in [1.29, 1.82) is 0 Å². The Balaban J connectivity index is 1.50. The van der Waals surface area contributed by atoms with Crippen molar-refractivity contribution in [3.05, 3.63) is 78.9 Å². The van der Waals surface area contributed by atoms with E-state index in [1.165, 1.54) is 24.3 Å². The van der Waals surface area contributed by atoms with Crippen molar-refractivity contribution >= 4 is 11.6 Å². The molecule has 0 fully saturated rings. The summed E-state index contributed by atoms with van der Waals surface area (Å²) >= 11 is 0. The largest absolute Gasteiger partial charge is 0.484 e. The van der Waals surface area contributed by atoms with Gasteiger partial charge < -0.3 is 14.8 Å². The number of carbonyl (C=O) groups is 1. The minimum absolute atomic E-state index is 0.0257. The van der Waals surface area contributed by atoms with Crippen LogP contribution in [0.5, 0.6) is 11.5 Å². The van der Waals surface area contributed by atoms with Crippen LogP contribution in [0.25, 0.3) is 11.1 Å². The molecule has 0 saturated heterocycles. The fourth-order valence-corrected chi connectivity index (χ4v) is 2.44. The van der Waals surface area contributed by atoms with Gasteiger partial charge in [-0.2, -0.15) is 8.78 Å². The first-order valence-corrected chi connectivity index (χ1v) is 8.23. The summed E-state index contributed by atoms with van der Waals surface area (Å²) in [5.74, 6) is 0.243. The van der Waals surface area contributed by atoms with Crippen molar-refractivity contribution in [2.45, 2.75) is 6.61 Å². The summed E-state index contributed by atoms with van der Waals surface area (Å²) < 4.78 is 33.9. The molecular weight excluding hydrogens is 352 g/mol. The van der Waals surface area contributed by atoms with Crippen LogP contribution in [-0.2, 0) is 4.79 Å². The molecule has 4 nitrogen and oxygen atoms in total. The first kappa shape index (κ1) is 18.4. The van der Waals surface area contributed by atoms with Crippen LogP contribution in [-0.4, -0.2) is 19.1 Å². The van der Waals surface area contributed by atoms with E-state index in [9.17, 15) is 13.6 Å². The molecular formula is C21H17F2NO3. The number of halogens is 2. The summed E-state index contributed by atoms with van der Waals surface area (Å²) in [4.78, 5) is 11.9.